The zero-order valence-corrected chi connectivity index (χ0v) is 18.9. The molecule has 0 saturated carbocycles. The molecule has 8 heteroatoms. The summed E-state index contributed by atoms with van der Waals surface area (Å²) in [6.45, 7) is 5.92. The summed E-state index contributed by atoms with van der Waals surface area (Å²) in [5.74, 6) is -0.584. The van der Waals surface area contributed by atoms with E-state index in [2.05, 4.69) is 10.6 Å². The number of hydrogen-bond donors (Lipinski definition) is 2. The molecule has 0 fully saturated rings. The molecule has 0 bridgehead atoms. The number of nitrogens with zero attached hydrogens (tertiary/aromatic N) is 1. The molecule has 166 valence electrons. The molecule has 2 aromatic carbocycles. The van der Waals surface area contributed by atoms with Crippen LogP contribution in [0.3, 0.4) is 0 Å². The molecule has 0 spiro atoms. The predicted octanol–water partition coefficient (Wildman–Crippen LogP) is 3.59. The molecule has 0 radical (unpaired) electrons. The Morgan fingerprint density at radius 1 is 1.10 bits per heavy atom. The van der Waals surface area contributed by atoms with E-state index in [-0.39, 0.29) is 30.2 Å². The second-order valence-corrected chi connectivity index (χ2v) is 7.84. The Balaban J connectivity index is 1.99. The van der Waals surface area contributed by atoms with Crippen molar-refractivity contribution in [2.75, 3.05) is 25.5 Å². The fraction of sp³-hybridized carbons (Fsp3) is 0.348. The number of rotatable bonds is 9. The smallest absolute Gasteiger partial charge is 0.251 e. The first-order valence-electron chi connectivity index (χ1n) is 10.0. The Kier molecular flexibility index (Phi) is 8.88. The van der Waals surface area contributed by atoms with Gasteiger partial charge in [0.15, 0.2) is 0 Å². The fourth-order valence-corrected chi connectivity index (χ4v) is 3.10. The van der Waals surface area contributed by atoms with Crippen molar-refractivity contribution in [1.82, 2.24) is 10.2 Å². The van der Waals surface area contributed by atoms with Crippen LogP contribution in [0.4, 0.5) is 5.69 Å². The minimum atomic E-state index is -0.775. The Morgan fingerprint density at radius 2 is 1.77 bits per heavy atom. The van der Waals surface area contributed by atoms with Crippen molar-refractivity contribution in [2.24, 2.45) is 5.92 Å². The monoisotopic (exact) mass is 445 g/mol. The highest BCUT2D eigenvalue weighted by atomic mass is 35.5. The molecule has 1 atom stereocenters. The van der Waals surface area contributed by atoms with Gasteiger partial charge in [-0.25, -0.2) is 0 Å². The highest BCUT2D eigenvalue weighted by Gasteiger charge is 2.28. The third-order valence-corrected chi connectivity index (χ3v) is 4.75. The summed E-state index contributed by atoms with van der Waals surface area (Å²) in [6.07, 6.45) is 0. The van der Waals surface area contributed by atoms with E-state index >= 15 is 0 Å². The van der Waals surface area contributed by atoms with E-state index in [1.54, 1.807) is 48.5 Å². The number of ether oxygens (including phenoxy) is 1. The van der Waals surface area contributed by atoms with E-state index in [4.69, 9.17) is 16.3 Å². The van der Waals surface area contributed by atoms with Crippen molar-refractivity contribution >= 4 is 35.0 Å². The van der Waals surface area contributed by atoms with E-state index < -0.39 is 6.04 Å². The SMILES string of the molecule is CCOc1ccc(C(=O)NC(C(=O)N(C)CC(=O)Nc2cccc(Cl)c2)C(C)C)cc1. The molecule has 0 aliphatic carbocycles. The van der Waals surface area contributed by atoms with Crippen LogP contribution in [0.15, 0.2) is 48.5 Å². The number of likely N-dealkylation sites (N-methyl/N-ethyl adjacent to an activating group) is 1. The number of nitrogens with one attached hydrogen (secondary N) is 2. The lowest BCUT2D eigenvalue weighted by Gasteiger charge is -2.27. The van der Waals surface area contributed by atoms with Gasteiger partial charge in [-0.2, -0.15) is 0 Å². The average molecular weight is 446 g/mol. The summed E-state index contributed by atoms with van der Waals surface area (Å²) < 4.78 is 5.38. The Labute approximate surface area is 187 Å². The van der Waals surface area contributed by atoms with E-state index in [0.29, 0.717) is 28.6 Å². The summed E-state index contributed by atoms with van der Waals surface area (Å²) in [6, 6.07) is 12.7. The predicted molar refractivity (Wildman–Crippen MR) is 121 cm³/mol. The van der Waals surface area contributed by atoms with Crippen molar-refractivity contribution in [1.29, 1.82) is 0 Å². The van der Waals surface area contributed by atoms with Gasteiger partial charge in [0.2, 0.25) is 11.8 Å². The third-order valence-electron chi connectivity index (χ3n) is 4.51. The van der Waals surface area contributed by atoms with Crippen LogP contribution >= 0.6 is 11.6 Å². The molecule has 0 aromatic heterocycles. The maximum atomic E-state index is 12.9. The van der Waals surface area contributed by atoms with Gasteiger partial charge in [-0.15, -0.1) is 0 Å². The van der Waals surface area contributed by atoms with Crippen LogP contribution in [0.2, 0.25) is 5.02 Å². The van der Waals surface area contributed by atoms with Crippen LogP contribution in [-0.2, 0) is 9.59 Å². The summed E-state index contributed by atoms with van der Waals surface area (Å²) >= 11 is 5.92. The summed E-state index contributed by atoms with van der Waals surface area (Å²) in [5, 5.41) is 5.98. The number of amides is 3. The Hall–Kier alpha value is -3.06. The molecule has 31 heavy (non-hydrogen) atoms. The molecule has 2 aromatic rings. The van der Waals surface area contributed by atoms with Crippen molar-refractivity contribution in [3.63, 3.8) is 0 Å². The zero-order chi connectivity index (χ0) is 23.0. The quantitative estimate of drug-likeness (QED) is 0.617. The van der Waals surface area contributed by atoms with Crippen LogP contribution in [0.25, 0.3) is 0 Å². The van der Waals surface area contributed by atoms with Gasteiger partial charge in [0.05, 0.1) is 13.2 Å². The summed E-state index contributed by atoms with van der Waals surface area (Å²) in [4.78, 5) is 39.2. The maximum absolute atomic E-state index is 12.9. The molecule has 0 saturated heterocycles. The van der Waals surface area contributed by atoms with Crippen molar-refractivity contribution in [2.45, 2.75) is 26.8 Å². The number of hydrogen-bond acceptors (Lipinski definition) is 4. The molecule has 1 unspecified atom stereocenters. The topological polar surface area (TPSA) is 87.7 Å². The molecular weight excluding hydrogens is 418 g/mol. The van der Waals surface area contributed by atoms with Crippen LogP contribution in [0.5, 0.6) is 5.75 Å². The Morgan fingerprint density at radius 3 is 2.35 bits per heavy atom. The van der Waals surface area contributed by atoms with Gasteiger partial charge in [0.1, 0.15) is 11.8 Å². The maximum Gasteiger partial charge on any atom is 0.251 e. The van der Waals surface area contributed by atoms with Crippen molar-refractivity contribution in [3.05, 3.63) is 59.1 Å². The largest absolute Gasteiger partial charge is 0.494 e. The Bertz CT molecular complexity index is 915. The highest BCUT2D eigenvalue weighted by molar-refractivity contribution is 6.30. The molecule has 3 amide bonds. The van der Waals surface area contributed by atoms with Crippen LogP contribution in [0, 0.1) is 5.92 Å². The minimum absolute atomic E-state index is 0.159. The number of carbonyl (C=O) groups is 3. The first-order chi connectivity index (χ1) is 14.7. The first-order valence-corrected chi connectivity index (χ1v) is 10.4. The van der Waals surface area contributed by atoms with E-state index in [9.17, 15) is 14.4 Å². The number of anilines is 1. The number of benzene rings is 2. The van der Waals surface area contributed by atoms with Gasteiger partial charge in [0, 0.05) is 23.3 Å². The van der Waals surface area contributed by atoms with Gasteiger partial charge >= 0.3 is 0 Å². The molecule has 0 aliphatic heterocycles. The first kappa shape index (κ1) is 24.2. The fourth-order valence-electron chi connectivity index (χ4n) is 2.90. The number of halogens is 1. The summed E-state index contributed by atoms with van der Waals surface area (Å²) in [5.41, 5.74) is 0.964. The van der Waals surface area contributed by atoms with E-state index in [1.165, 1.54) is 11.9 Å². The van der Waals surface area contributed by atoms with Crippen molar-refractivity contribution in [3.8, 4) is 5.75 Å². The van der Waals surface area contributed by atoms with Gasteiger partial charge in [-0.3, -0.25) is 14.4 Å². The summed E-state index contributed by atoms with van der Waals surface area (Å²) in [7, 11) is 1.53. The van der Waals surface area contributed by atoms with E-state index in [1.807, 2.05) is 20.8 Å². The van der Waals surface area contributed by atoms with Crippen LogP contribution < -0.4 is 15.4 Å². The van der Waals surface area contributed by atoms with Gasteiger partial charge < -0.3 is 20.3 Å². The lowest BCUT2D eigenvalue weighted by molar-refractivity contribution is -0.135. The molecule has 7 nitrogen and oxygen atoms in total. The van der Waals surface area contributed by atoms with E-state index in [0.717, 1.165) is 0 Å². The molecular formula is C23H28ClN3O4. The average Bonchev–Trinajstić information content (AvgIpc) is 2.71. The molecule has 2 rings (SSSR count). The van der Waals surface area contributed by atoms with Gasteiger partial charge in [-0.05, 0) is 55.3 Å². The lowest BCUT2D eigenvalue weighted by atomic mass is 10.0. The number of carbonyl (C=O) groups excluding carboxylic acids is 3. The standard InChI is InChI=1S/C23H28ClN3O4/c1-5-31-19-11-9-16(10-12-19)22(29)26-21(15(2)3)23(30)27(4)14-20(28)25-18-8-6-7-17(24)13-18/h6-13,15,21H,5,14H2,1-4H3,(H,25,28)(H,26,29). The molecule has 0 aliphatic rings. The molecule has 0 heterocycles. The third kappa shape index (κ3) is 7.29. The van der Waals surface area contributed by atoms with Crippen LogP contribution in [-0.4, -0.2) is 48.9 Å². The zero-order valence-electron chi connectivity index (χ0n) is 18.1. The van der Waals surface area contributed by atoms with Gasteiger partial charge in [0.25, 0.3) is 5.91 Å². The van der Waals surface area contributed by atoms with Crippen molar-refractivity contribution < 1.29 is 19.1 Å². The molecule has 2 N–H and O–H groups in total. The second-order valence-electron chi connectivity index (χ2n) is 7.41. The lowest BCUT2D eigenvalue weighted by Crippen LogP contribution is -2.51. The normalized spacial score (nSPS) is 11.5. The van der Waals surface area contributed by atoms with Crippen LogP contribution in [0.1, 0.15) is 31.1 Å². The highest BCUT2D eigenvalue weighted by Crippen LogP contribution is 2.15. The van der Waals surface area contributed by atoms with Gasteiger partial charge in [-0.1, -0.05) is 31.5 Å². The second kappa shape index (κ2) is 11.4. The minimum Gasteiger partial charge on any atom is -0.494 e.